The van der Waals surface area contributed by atoms with Crippen LogP contribution in [0.3, 0.4) is 0 Å². The molecule has 0 atom stereocenters. The number of rotatable bonds is 4. The van der Waals surface area contributed by atoms with E-state index in [1.165, 1.54) is 0 Å². The van der Waals surface area contributed by atoms with Gasteiger partial charge in [-0.25, -0.2) is 0 Å². The van der Waals surface area contributed by atoms with E-state index >= 15 is 0 Å². The monoisotopic (exact) mass is 235 g/mol. The molecule has 1 aromatic carbocycles. The molecule has 0 saturated heterocycles. The maximum absolute atomic E-state index is 10.3. The van der Waals surface area contributed by atoms with Crippen molar-refractivity contribution in [1.29, 1.82) is 0 Å². The van der Waals surface area contributed by atoms with Crippen molar-refractivity contribution in [1.82, 2.24) is 0 Å². The zero-order valence-corrected chi connectivity index (χ0v) is 11.2. The fourth-order valence-corrected chi connectivity index (χ4v) is 1.69. The van der Waals surface area contributed by atoms with Crippen molar-refractivity contribution in [3.63, 3.8) is 0 Å². The van der Waals surface area contributed by atoms with Crippen molar-refractivity contribution in [2.24, 2.45) is 4.99 Å². The van der Waals surface area contributed by atoms with E-state index in [1.54, 1.807) is 26.4 Å². The number of aliphatic imine (C=N–C) groups is 1. The van der Waals surface area contributed by atoms with E-state index < -0.39 is 0 Å². The Morgan fingerprint density at radius 3 is 2.53 bits per heavy atom. The van der Waals surface area contributed by atoms with Crippen LogP contribution in [0.5, 0.6) is 11.5 Å². The van der Waals surface area contributed by atoms with Gasteiger partial charge in [-0.2, -0.15) is 0 Å². The van der Waals surface area contributed by atoms with Crippen molar-refractivity contribution in [2.75, 3.05) is 14.2 Å². The van der Waals surface area contributed by atoms with E-state index in [4.69, 9.17) is 4.74 Å². The van der Waals surface area contributed by atoms with Crippen LogP contribution >= 0.6 is 0 Å². The van der Waals surface area contributed by atoms with Crippen LogP contribution in [-0.2, 0) is 5.41 Å². The molecule has 0 heterocycles. The number of phenols is 1. The summed E-state index contributed by atoms with van der Waals surface area (Å²) in [4.78, 5) is 3.95. The summed E-state index contributed by atoms with van der Waals surface area (Å²) < 4.78 is 5.26. The first kappa shape index (κ1) is 13.6. The van der Waals surface area contributed by atoms with Gasteiger partial charge in [-0.3, -0.25) is 4.99 Å². The minimum Gasteiger partial charge on any atom is -0.507 e. The lowest BCUT2D eigenvalue weighted by Gasteiger charge is -2.25. The smallest absolute Gasteiger partial charge is 0.128 e. The quantitative estimate of drug-likeness (QED) is 0.815. The first-order chi connectivity index (χ1) is 7.96. The number of phenolic OH excluding ortho intramolecular Hbond substituents is 1. The van der Waals surface area contributed by atoms with Crippen LogP contribution in [0.1, 0.15) is 38.3 Å². The van der Waals surface area contributed by atoms with Gasteiger partial charge in [0.15, 0.2) is 0 Å². The molecular formula is C14H21NO2. The highest BCUT2D eigenvalue weighted by Gasteiger charge is 2.24. The van der Waals surface area contributed by atoms with Gasteiger partial charge in [-0.05, 0) is 24.0 Å². The normalized spacial score (nSPS) is 12.1. The summed E-state index contributed by atoms with van der Waals surface area (Å²) >= 11 is 0. The summed E-state index contributed by atoms with van der Waals surface area (Å²) in [5, 5.41) is 10.3. The van der Waals surface area contributed by atoms with E-state index in [0.29, 0.717) is 11.3 Å². The van der Waals surface area contributed by atoms with Gasteiger partial charge in [0.05, 0.1) is 7.11 Å². The van der Waals surface area contributed by atoms with Crippen LogP contribution in [0.2, 0.25) is 0 Å². The largest absolute Gasteiger partial charge is 0.507 e. The van der Waals surface area contributed by atoms with Gasteiger partial charge in [-0.1, -0.05) is 20.8 Å². The molecule has 0 aromatic heterocycles. The molecule has 3 heteroatoms. The molecule has 1 aromatic rings. The van der Waals surface area contributed by atoms with Crippen LogP contribution in [-0.4, -0.2) is 25.5 Å². The predicted molar refractivity (Wildman–Crippen MR) is 71.5 cm³/mol. The second-order valence-electron chi connectivity index (χ2n) is 4.74. The number of hydrogen-bond acceptors (Lipinski definition) is 3. The molecular weight excluding hydrogens is 214 g/mol. The van der Waals surface area contributed by atoms with Crippen molar-refractivity contribution in [3.8, 4) is 11.5 Å². The predicted octanol–water partition coefficient (Wildman–Crippen LogP) is 3.14. The van der Waals surface area contributed by atoms with Gasteiger partial charge < -0.3 is 9.84 Å². The number of ether oxygens (including phenoxy) is 1. The van der Waals surface area contributed by atoms with Gasteiger partial charge >= 0.3 is 0 Å². The Hall–Kier alpha value is -1.51. The molecule has 0 fully saturated rings. The fraction of sp³-hybridized carbons (Fsp3) is 0.500. The second-order valence-corrected chi connectivity index (χ2v) is 4.74. The Morgan fingerprint density at radius 1 is 1.41 bits per heavy atom. The average molecular weight is 235 g/mol. The van der Waals surface area contributed by atoms with Crippen LogP contribution < -0.4 is 4.74 Å². The number of aromatic hydroxyl groups is 1. The molecule has 0 spiro atoms. The topological polar surface area (TPSA) is 41.8 Å². The number of benzene rings is 1. The number of nitrogens with zero attached hydrogens (tertiary/aromatic N) is 1. The van der Waals surface area contributed by atoms with Gasteiger partial charge in [0.2, 0.25) is 0 Å². The molecule has 0 unspecified atom stereocenters. The lowest BCUT2D eigenvalue weighted by molar-refractivity contribution is 0.400. The third-order valence-corrected chi connectivity index (χ3v) is 3.23. The van der Waals surface area contributed by atoms with Crippen molar-refractivity contribution >= 4 is 6.21 Å². The van der Waals surface area contributed by atoms with Crippen molar-refractivity contribution < 1.29 is 9.84 Å². The Morgan fingerprint density at radius 2 is 2.06 bits per heavy atom. The average Bonchev–Trinajstić information content (AvgIpc) is 2.31. The summed E-state index contributed by atoms with van der Waals surface area (Å²) in [7, 11) is 3.31. The number of hydrogen-bond donors (Lipinski definition) is 1. The van der Waals surface area contributed by atoms with Crippen LogP contribution in [0, 0.1) is 0 Å². The van der Waals surface area contributed by atoms with Gasteiger partial charge in [-0.15, -0.1) is 0 Å². The maximum atomic E-state index is 10.3. The molecule has 0 aliphatic heterocycles. The highest BCUT2D eigenvalue weighted by Crippen LogP contribution is 2.38. The van der Waals surface area contributed by atoms with Crippen molar-refractivity contribution in [2.45, 2.75) is 32.6 Å². The zero-order chi connectivity index (χ0) is 13.1. The first-order valence-electron chi connectivity index (χ1n) is 5.80. The molecule has 17 heavy (non-hydrogen) atoms. The third kappa shape index (κ3) is 2.78. The Bertz CT molecular complexity index is 422. The SMILES string of the molecule is CCC(C)(C)c1cc(OC)cc(C=NC)c1O. The molecule has 0 bridgehead atoms. The van der Waals surface area contributed by atoms with Gasteiger partial charge in [0, 0.05) is 24.4 Å². The molecule has 0 aliphatic carbocycles. The lowest BCUT2D eigenvalue weighted by atomic mass is 9.81. The van der Waals surface area contributed by atoms with E-state index in [9.17, 15) is 5.11 Å². The highest BCUT2D eigenvalue weighted by atomic mass is 16.5. The maximum Gasteiger partial charge on any atom is 0.128 e. The Labute approximate surface area is 103 Å². The van der Waals surface area contributed by atoms with Crippen LogP contribution in [0.15, 0.2) is 17.1 Å². The van der Waals surface area contributed by atoms with E-state index in [-0.39, 0.29) is 5.41 Å². The summed E-state index contributed by atoms with van der Waals surface area (Å²) in [5.41, 5.74) is 1.51. The molecule has 0 aliphatic rings. The third-order valence-electron chi connectivity index (χ3n) is 3.23. The summed E-state index contributed by atoms with van der Waals surface area (Å²) in [6.45, 7) is 6.31. The summed E-state index contributed by atoms with van der Waals surface area (Å²) in [6.07, 6.45) is 2.59. The molecule has 3 nitrogen and oxygen atoms in total. The fourth-order valence-electron chi connectivity index (χ4n) is 1.69. The highest BCUT2D eigenvalue weighted by molar-refractivity contribution is 5.85. The molecule has 94 valence electrons. The number of methoxy groups -OCH3 is 1. The zero-order valence-electron chi connectivity index (χ0n) is 11.2. The summed E-state index contributed by atoms with van der Waals surface area (Å²) in [5.74, 6) is 1.04. The Balaban J connectivity index is 3.43. The van der Waals surface area contributed by atoms with E-state index in [0.717, 1.165) is 17.7 Å². The van der Waals surface area contributed by atoms with E-state index in [1.807, 2.05) is 6.07 Å². The van der Waals surface area contributed by atoms with E-state index in [2.05, 4.69) is 25.8 Å². The molecule has 0 amide bonds. The molecule has 0 radical (unpaired) electrons. The molecule has 0 saturated carbocycles. The standard InChI is InChI=1S/C14H21NO2/c1-6-14(2,3)12-8-11(17-5)7-10(9-15-4)13(12)16/h7-9,16H,6H2,1-5H3. The molecule has 1 N–H and O–H groups in total. The summed E-state index contributed by atoms with van der Waals surface area (Å²) in [6, 6.07) is 3.68. The van der Waals surface area contributed by atoms with Gasteiger partial charge in [0.1, 0.15) is 11.5 Å². The molecule has 1 rings (SSSR count). The van der Waals surface area contributed by atoms with Crippen LogP contribution in [0.4, 0.5) is 0 Å². The lowest BCUT2D eigenvalue weighted by Crippen LogP contribution is -2.16. The minimum atomic E-state index is -0.0883. The minimum absolute atomic E-state index is 0.0883. The first-order valence-corrected chi connectivity index (χ1v) is 5.80. The van der Waals surface area contributed by atoms with Crippen LogP contribution in [0.25, 0.3) is 0 Å². The van der Waals surface area contributed by atoms with Crippen molar-refractivity contribution in [3.05, 3.63) is 23.3 Å². The Kier molecular flexibility index (Phi) is 4.16. The second kappa shape index (κ2) is 5.21. The van der Waals surface area contributed by atoms with Gasteiger partial charge in [0.25, 0.3) is 0 Å².